The first-order chi connectivity index (χ1) is 18.3. The Bertz CT molecular complexity index is 697. The quantitative estimate of drug-likeness (QED) is 0.100. The highest BCUT2D eigenvalue weighted by atomic mass is 32.1. The highest BCUT2D eigenvalue weighted by Gasteiger charge is 2.52. The van der Waals surface area contributed by atoms with Gasteiger partial charge < -0.3 is 9.31 Å². The molecule has 38 heavy (non-hydrogen) atoms. The first kappa shape index (κ1) is 33.9. The van der Waals surface area contributed by atoms with Gasteiger partial charge in [-0.25, -0.2) is 0 Å². The zero-order chi connectivity index (χ0) is 27.7. The van der Waals surface area contributed by atoms with Crippen molar-refractivity contribution >= 4 is 23.2 Å². The topological polar surface area (TPSA) is 18.5 Å². The summed E-state index contributed by atoms with van der Waals surface area (Å²) in [6, 6.07) is 2.38. The Balaban J connectivity index is 1.76. The lowest BCUT2D eigenvalue weighted by molar-refractivity contribution is 0.00578. The van der Waals surface area contributed by atoms with Crippen molar-refractivity contribution in [3.8, 4) is 0 Å². The van der Waals surface area contributed by atoms with Gasteiger partial charge in [0.25, 0.3) is 0 Å². The van der Waals surface area contributed by atoms with Gasteiger partial charge in [-0.15, -0.1) is 0 Å². The summed E-state index contributed by atoms with van der Waals surface area (Å²) in [5, 5.41) is 2.37. The maximum absolute atomic E-state index is 6.32. The first-order valence-electron chi connectivity index (χ1n) is 16.7. The van der Waals surface area contributed by atoms with Crippen molar-refractivity contribution in [3.63, 3.8) is 0 Å². The lowest BCUT2D eigenvalue weighted by atomic mass is 9.85. The Kier molecular flexibility index (Phi) is 16.9. The molecule has 1 aliphatic rings. The smallest absolute Gasteiger partial charge is 0.399 e. The highest BCUT2D eigenvalue weighted by Crippen LogP contribution is 2.37. The molecular formula is C34H63BO2S. The molecule has 0 saturated carbocycles. The van der Waals surface area contributed by atoms with Gasteiger partial charge in [0.05, 0.1) is 11.2 Å². The van der Waals surface area contributed by atoms with Crippen LogP contribution in [0.1, 0.15) is 176 Å². The zero-order valence-corrected chi connectivity index (χ0v) is 27.2. The summed E-state index contributed by atoms with van der Waals surface area (Å²) in [4.78, 5) is 0. The monoisotopic (exact) mass is 546 g/mol. The maximum atomic E-state index is 6.32. The zero-order valence-electron chi connectivity index (χ0n) is 26.4. The Hall–Kier alpha value is -0.315. The molecule has 0 aliphatic carbocycles. The van der Waals surface area contributed by atoms with Crippen LogP contribution < -0.4 is 4.78 Å². The molecule has 1 aromatic rings. The van der Waals surface area contributed by atoms with Crippen LogP contribution in [0, 0.1) is 5.92 Å². The summed E-state index contributed by atoms with van der Waals surface area (Å²) < 4.78 is 13.9. The molecule has 1 saturated heterocycles. The molecule has 2 rings (SSSR count). The van der Waals surface area contributed by atoms with E-state index in [1.165, 1.54) is 145 Å². The average molecular weight is 547 g/mol. The molecule has 0 amide bonds. The average Bonchev–Trinajstić information content (AvgIpc) is 3.42. The van der Waals surface area contributed by atoms with Crippen LogP contribution >= 0.6 is 11.3 Å². The summed E-state index contributed by atoms with van der Waals surface area (Å²) in [6.45, 7) is 13.2. The lowest BCUT2D eigenvalue weighted by Crippen LogP contribution is -2.41. The standard InChI is InChI=1S/C34H63BO2S/c1-7-9-11-13-15-17-18-20-22-24-26-30(25-23-21-19-16-14-12-10-8-2)27-31-28-32(38-29-31)35-36-33(3,4)34(5,6)37-35/h28-30H,7-27H2,1-6H3. The number of thiophene rings is 1. The SMILES string of the molecule is CCCCCCCCCCCCC(CCCCCCCCCC)Cc1csc(B2OC(C)(C)C(C)(C)O2)c1. The summed E-state index contributed by atoms with van der Waals surface area (Å²) >= 11 is 1.83. The third-order valence-electron chi connectivity index (χ3n) is 9.12. The van der Waals surface area contributed by atoms with E-state index in [0.29, 0.717) is 0 Å². The van der Waals surface area contributed by atoms with Crippen LogP contribution in [0.4, 0.5) is 0 Å². The van der Waals surface area contributed by atoms with Crippen LogP contribution in [0.2, 0.25) is 0 Å². The maximum Gasteiger partial charge on any atom is 0.505 e. The third kappa shape index (κ3) is 12.9. The van der Waals surface area contributed by atoms with E-state index in [1.807, 2.05) is 11.3 Å². The van der Waals surface area contributed by atoms with Crippen molar-refractivity contribution in [1.82, 2.24) is 0 Å². The van der Waals surface area contributed by atoms with Crippen LogP contribution in [0.15, 0.2) is 11.4 Å². The Morgan fingerprint density at radius 2 is 1.03 bits per heavy atom. The number of unbranched alkanes of at least 4 members (excludes halogenated alkanes) is 16. The molecule has 2 heterocycles. The Labute approximate surface area is 242 Å². The van der Waals surface area contributed by atoms with Crippen LogP contribution in [0.3, 0.4) is 0 Å². The van der Waals surface area contributed by atoms with E-state index in [1.54, 1.807) is 0 Å². The fraction of sp³-hybridized carbons (Fsp3) is 0.882. The van der Waals surface area contributed by atoms with Gasteiger partial charge in [0.15, 0.2) is 0 Å². The molecular weight excluding hydrogens is 483 g/mol. The second kappa shape index (κ2) is 18.9. The van der Waals surface area contributed by atoms with Crippen molar-refractivity contribution in [2.45, 2.75) is 188 Å². The predicted molar refractivity (Wildman–Crippen MR) is 171 cm³/mol. The summed E-state index contributed by atoms with van der Waals surface area (Å²) in [5.41, 5.74) is 0.962. The molecule has 0 aromatic carbocycles. The van der Waals surface area contributed by atoms with E-state index < -0.39 is 0 Å². The molecule has 220 valence electrons. The molecule has 1 aromatic heterocycles. The van der Waals surface area contributed by atoms with E-state index in [4.69, 9.17) is 9.31 Å². The van der Waals surface area contributed by atoms with Gasteiger partial charge >= 0.3 is 7.12 Å². The van der Waals surface area contributed by atoms with Gasteiger partial charge in [-0.1, -0.05) is 142 Å². The number of hydrogen-bond acceptors (Lipinski definition) is 3. The minimum Gasteiger partial charge on any atom is -0.399 e. The van der Waals surface area contributed by atoms with E-state index >= 15 is 0 Å². The van der Waals surface area contributed by atoms with Gasteiger partial charge in [0.2, 0.25) is 0 Å². The van der Waals surface area contributed by atoms with Gasteiger partial charge in [0.1, 0.15) is 0 Å². The molecule has 0 bridgehead atoms. The fourth-order valence-corrected chi connectivity index (χ4v) is 6.63. The second-order valence-electron chi connectivity index (χ2n) is 13.2. The first-order valence-corrected chi connectivity index (χ1v) is 17.6. The molecule has 0 spiro atoms. The van der Waals surface area contributed by atoms with Gasteiger partial charge in [-0.2, -0.15) is 11.3 Å². The fourth-order valence-electron chi connectivity index (χ4n) is 5.75. The van der Waals surface area contributed by atoms with Gasteiger partial charge in [0, 0.05) is 4.78 Å². The number of hydrogen-bond donors (Lipinski definition) is 0. The number of rotatable bonds is 23. The molecule has 4 heteroatoms. The molecule has 0 radical (unpaired) electrons. The Morgan fingerprint density at radius 1 is 0.632 bits per heavy atom. The van der Waals surface area contributed by atoms with Crippen molar-refractivity contribution < 1.29 is 9.31 Å². The Morgan fingerprint density at radius 3 is 1.45 bits per heavy atom. The summed E-state index contributed by atoms with van der Waals surface area (Å²) in [5.74, 6) is 0.824. The predicted octanol–water partition coefficient (Wildman–Crippen LogP) is 11.0. The normalized spacial score (nSPS) is 17.4. The van der Waals surface area contributed by atoms with Crippen molar-refractivity contribution in [2.24, 2.45) is 5.92 Å². The van der Waals surface area contributed by atoms with Gasteiger partial charge in [-0.3, -0.25) is 0 Å². The van der Waals surface area contributed by atoms with Crippen molar-refractivity contribution in [2.75, 3.05) is 0 Å². The minimum absolute atomic E-state index is 0.216. The van der Waals surface area contributed by atoms with Crippen LogP contribution in [0.5, 0.6) is 0 Å². The molecule has 1 aliphatic heterocycles. The van der Waals surface area contributed by atoms with Crippen molar-refractivity contribution in [3.05, 3.63) is 17.0 Å². The molecule has 2 nitrogen and oxygen atoms in total. The summed E-state index contributed by atoms with van der Waals surface area (Å²) in [7, 11) is -0.216. The van der Waals surface area contributed by atoms with Crippen LogP contribution in [-0.2, 0) is 15.7 Å². The lowest BCUT2D eigenvalue weighted by Gasteiger charge is -2.32. The van der Waals surface area contributed by atoms with Crippen LogP contribution in [-0.4, -0.2) is 18.3 Å². The van der Waals surface area contributed by atoms with Crippen molar-refractivity contribution in [1.29, 1.82) is 0 Å². The van der Waals surface area contributed by atoms with Crippen LogP contribution in [0.25, 0.3) is 0 Å². The third-order valence-corrected chi connectivity index (χ3v) is 10.1. The molecule has 1 atom stereocenters. The van der Waals surface area contributed by atoms with E-state index in [-0.39, 0.29) is 18.3 Å². The molecule has 1 fully saturated rings. The van der Waals surface area contributed by atoms with E-state index in [0.717, 1.165) is 5.92 Å². The molecule has 1 unspecified atom stereocenters. The van der Waals surface area contributed by atoms with Gasteiger partial charge in [-0.05, 0) is 57.0 Å². The molecule has 0 N–H and O–H groups in total. The second-order valence-corrected chi connectivity index (χ2v) is 14.2. The minimum atomic E-state index is -0.267. The van der Waals surface area contributed by atoms with E-state index in [2.05, 4.69) is 53.0 Å². The largest absolute Gasteiger partial charge is 0.505 e. The van der Waals surface area contributed by atoms with E-state index in [9.17, 15) is 0 Å². The summed E-state index contributed by atoms with van der Waals surface area (Å²) in [6.07, 6.45) is 29.6. The highest BCUT2D eigenvalue weighted by molar-refractivity contribution is 7.20.